The molecule has 24 heavy (non-hydrogen) atoms. The maximum atomic E-state index is 13.7. The molecule has 0 saturated carbocycles. The third-order valence-corrected chi connectivity index (χ3v) is 3.69. The summed E-state index contributed by atoms with van der Waals surface area (Å²) in [4.78, 5) is 10.5. The fraction of sp³-hybridized carbons (Fsp3) is 0.375. The molecular formula is C16H19F2N5O. The summed E-state index contributed by atoms with van der Waals surface area (Å²) < 4.78 is 32.6. The lowest BCUT2D eigenvalue weighted by Crippen LogP contribution is -2.39. The zero-order valence-corrected chi connectivity index (χ0v) is 13.1. The standard InChI is InChI=1S/C16H19F2N5O/c17-12-2-1-3-13(18)15(12)22-16-20-5-4-14(21-16)19-6-7-23-8-10-24-11-9-23/h1-5H,6-11H2,(H2,19,20,21,22). The summed E-state index contributed by atoms with van der Waals surface area (Å²) in [5, 5.41) is 5.77. The van der Waals surface area contributed by atoms with Crippen LogP contribution in [0.2, 0.25) is 0 Å². The van der Waals surface area contributed by atoms with Gasteiger partial charge in [-0.1, -0.05) is 6.07 Å². The van der Waals surface area contributed by atoms with Crippen LogP contribution < -0.4 is 10.6 Å². The fourth-order valence-electron chi connectivity index (χ4n) is 2.41. The van der Waals surface area contributed by atoms with Gasteiger partial charge in [0, 0.05) is 32.4 Å². The molecule has 128 valence electrons. The van der Waals surface area contributed by atoms with Crippen molar-refractivity contribution in [1.29, 1.82) is 0 Å². The minimum Gasteiger partial charge on any atom is -0.379 e. The molecule has 0 aliphatic carbocycles. The summed E-state index contributed by atoms with van der Waals surface area (Å²) >= 11 is 0. The zero-order chi connectivity index (χ0) is 16.8. The predicted octanol–water partition coefficient (Wildman–Crippen LogP) is 2.24. The average Bonchev–Trinajstić information content (AvgIpc) is 2.60. The van der Waals surface area contributed by atoms with Gasteiger partial charge < -0.3 is 15.4 Å². The summed E-state index contributed by atoms with van der Waals surface area (Å²) in [6.45, 7) is 4.95. The molecule has 8 heteroatoms. The molecule has 0 amide bonds. The van der Waals surface area contributed by atoms with Crippen molar-refractivity contribution in [3.8, 4) is 0 Å². The van der Waals surface area contributed by atoms with E-state index in [4.69, 9.17) is 4.74 Å². The van der Waals surface area contributed by atoms with Crippen molar-refractivity contribution in [2.75, 3.05) is 50.0 Å². The molecule has 0 unspecified atom stereocenters. The Morgan fingerprint density at radius 1 is 1.12 bits per heavy atom. The number of ether oxygens (including phenoxy) is 1. The van der Waals surface area contributed by atoms with Crippen LogP contribution in [-0.4, -0.2) is 54.3 Å². The summed E-state index contributed by atoms with van der Waals surface area (Å²) in [5.74, 6) is -0.651. The molecule has 2 N–H and O–H groups in total. The van der Waals surface area contributed by atoms with E-state index in [1.165, 1.54) is 24.4 Å². The molecule has 1 aromatic heterocycles. The van der Waals surface area contributed by atoms with Gasteiger partial charge in [-0.3, -0.25) is 4.90 Å². The van der Waals surface area contributed by atoms with E-state index in [2.05, 4.69) is 25.5 Å². The Hall–Kier alpha value is -2.32. The van der Waals surface area contributed by atoms with Crippen LogP contribution in [0.3, 0.4) is 0 Å². The summed E-state index contributed by atoms with van der Waals surface area (Å²) in [6.07, 6.45) is 1.53. The van der Waals surface area contributed by atoms with Crippen molar-refractivity contribution in [3.63, 3.8) is 0 Å². The second-order valence-corrected chi connectivity index (χ2v) is 5.37. The van der Waals surface area contributed by atoms with Crippen LogP contribution >= 0.6 is 0 Å². The number of halogens is 2. The number of nitrogens with one attached hydrogen (secondary N) is 2. The summed E-state index contributed by atoms with van der Waals surface area (Å²) in [7, 11) is 0. The van der Waals surface area contributed by atoms with Gasteiger partial charge >= 0.3 is 0 Å². The third-order valence-electron chi connectivity index (χ3n) is 3.69. The second-order valence-electron chi connectivity index (χ2n) is 5.37. The Balaban J connectivity index is 1.57. The number of para-hydroxylation sites is 1. The summed E-state index contributed by atoms with van der Waals surface area (Å²) in [5.41, 5.74) is -0.261. The molecule has 1 aromatic carbocycles. The molecule has 1 aliphatic rings. The van der Waals surface area contributed by atoms with E-state index in [1.54, 1.807) is 6.07 Å². The largest absolute Gasteiger partial charge is 0.379 e. The number of aromatic nitrogens is 2. The average molecular weight is 335 g/mol. The van der Waals surface area contributed by atoms with Crippen LogP contribution in [0.25, 0.3) is 0 Å². The Kier molecular flexibility index (Phi) is 5.50. The lowest BCUT2D eigenvalue weighted by Gasteiger charge is -2.26. The molecule has 0 radical (unpaired) electrons. The predicted molar refractivity (Wildman–Crippen MR) is 87.4 cm³/mol. The Morgan fingerprint density at radius 2 is 1.88 bits per heavy atom. The highest BCUT2D eigenvalue weighted by atomic mass is 19.1. The second kappa shape index (κ2) is 7.98. The van der Waals surface area contributed by atoms with Crippen molar-refractivity contribution in [2.45, 2.75) is 0 Å². The Labute approximate surface area is 138 Å². The number of hydrogen-bond donors (Lipinski definition) is 2. The van der Waals surface area contributed by atoms with Crippen LogP contribution in [-0.2, 0) is 4.74 Å². The van der Waals surface area contributed by atoms with Crippen LogP contribution in [0.1, 0.15) is 0 Å². The highest BCUT2D eigenvalue weighted by Gasteiger charge is 2.11. The van der Waals surface area contributed by atoms with Gasteiger partial charge in [0.05, 0.1) is 13.2 Å². The van der Waals surface area contributed by atoms with E-state index in [-0.39, 0.29) is 11.6 Å². The molecule has 0 bridgehead atoms. The molecule has 1 aliphatic heterocycles. The molecule has 2 heterocycles. The van der Waals surface area contributed by atoms with Gasteiger partial charge in [-0.15, -0.1) is 0 Å². The number of hydrogen-bond acceptors (Lipinski definition) is 6. The van der Waals surface area contributed by atoms with Gasteiger partial charge in [-0.25, -0.2) is 13.8 Å². The van der Waals surface area contributed by atoms with E-state index in [0.29, 0.717) is 12.4 Å². The smallest absolute Gasteiger partial charge is 0.229 e. The monoisotopic (exact) mass is 335 g/mol. The molecule has 6 nitrogen and oxygen atoms in total. The van der Waals surface area contributed by atoms with E-state index >= 15 is 0 Å². The fourth-order valence-corrected chi connectivity index (χ4v) is 2.41. The first kappa shape index (κ1) is 16.5. The quantitative estimate of drug-likeness (QED) is 0.844. The Morgan fingerprint density at radius 3 is 2.62 bits per heavy atom. The van der Waals surface area contributed by atoms with Gasteiger partial charge in [0.25, 0.3) is 0 Å². The third kappa shape index (κ3) is 4.36. The maximum Gasteiger partial charge on any atom is 0.229 e. The van der Waals surface area contributed by atoms with Crippen LogP contribution in [0.4, 0.5) is 26.2 Å². The highest BCUT2D eigenvalue weighted by molar-refractivity contribution is 5.56. The lowest BCUT2D eigenvalue weighted by atomic mass is 10.3. The van der Waals surface area contributed by atoms with E-state index in [0.717, 1.165) is 32.8 Å². The van der Waals surface area contributed by atoms with Crippen molar-refractivity contribution in [2.24, 2.45) is 0 Å². The van der Waals surface area contributed by atoms with Crippen LogP contribution in [0, 0.1) is 11.6 Å². The first-order valence-electron chi connectivity index (χ1n) is 7.80. The molecule has 0 spiro atoms. The first-order valence-corrected chi connectivity index (χ1v) is 7.80. The number of anilines is 3. The van der Waals surface area contributed by atoms with Crippen molar-refractivity contribution in [1.82, 2.24) is 14.9 Å². The summed E-state index contributed by atoms with van der Waals surface area (Å²) in [6, 6.07) is 5.37. The Bertz CT molecular complexity index is 659. The zero-order valence-electron chi connectivity index (χ0n) is 13.1. The molecular weight excluding hydrogens is 316 g/mol. The van der Waals surface area contributed by atoms with Crippen molar-refractivity contribution >= 4 is 17.5 Å². The highest BCUT2D eigenvalue weighted by Crippen LogP contribution is 2.21. The number of benzene rings is 1. The molecule has 0 atom stereocenters. The van der Waals surface area contributed by atoms with Gasteiger partial charge in [0.15, 0.2) is 0 Å². The van der Waals surface area contributed by atoms with E-state index in [9.17, 15) is 8.78 Å². The van der Waals surface area contributed by atoms with Crippen molar-refractivity contribution in [3.05, 3.63) is 42.1 Å². The first-order chi connectivity index (χ1) is 11.7. The number of rotatable bonds is 6. The molecule has 3 rings (SSSR count). The van der Waals surface area contributed by atoms with Gasteiger partial charge in [-0.05, 0) is 18.2 Å². The molecule has 1 saturated heterocycles. The number of morpholine rings is 1. The normalized spacial score (nSPS) is 15.2. The van der Waals surface area contributed by atoms with E-state index < -0.39 is 11.6 Å². The maximum absolute atomic E-state index is 13.7. The minimum atomic E-state index is -0.690. The molecule has 1 fully saturated rings. The van der Waals surface area contributed by atoms with Crippen LogP contribution in [0.5, 0.6) is 0 Å². The number of nitrogens with zero attached hydrogens (tertiary/aromatic N) is 3. The van der Waals surface area contributed by atoms with Gasteiger partial charge in [-0.2, -0.15) is 4.98 Å². The van der Waals surface area contributed by atoms with Gasteiger partial charge in [0.1, 0.15) is 23.1 Å². The topological polar surface area (TPSA) is 62.3 Å². The molecule has 2 aromatic rings. The SMILES string of the molecule is Fc1cccc(F)c1Nc1nccc(NCCN2CCOCC2)n1. The minimum absolute atomic E-state index is 0.135. The van der Waals surface area contributed by atoms with Gasteiger partial charge in [0.2, 0.25) is 5.95 Å². The van der Waals surface area contributed by atoms with Crippen molar-refractivity contribution < 1.29 is 13.5 Å². The van der Waals surface area contributed by atoms with Crippen LogP contribution in [0.15, 0.2) is 30.5 Å². The van der Waals surface area contributed by atoms with E-state index in [1.807, 2.05) is 0 Å². The lowest BCUT2D eigenvalue weighted by molar-refractivity contribution is 0.0398.